The van der Waals surface area contributed by atoms with Crippen molar-refractivity contribution in [3.63, 3.8) is 0 Å². The Balaban J connectivity index is 1.95. The fraction of sp³-hybridized carbons (Fsp3) is 0.444. The highest BCUT2D eigenvalue weighted by molar-refractivity contribution is 6.30. The van der Waals surface area contributed by atoms with Gasteiger partial charge < -0.3 is 10.2 Å². The normalized spacial score (nSPS) is 13.4. The summed E-state index contributed by atoms with van der Waals surface area (Å²) in [6, 6.07) is 7.63. The number of carbonyl (C=O) groups excluding carboxylic acids is 1. The third kappa shape index (κ3) is 4.51. The minimum Gasteiger partial charge on any atom is -0.331 e. The van der Waals surface area contributed by atoms with Crippen LogP contribution in [0, 0.1) is 6.92 Å². The predicted octanol–water partition coefficient (Wildman–Crippen LogP) is 3.72. The molecule has 1 heterocycles. The van der Waals surface area contributed by atoms with Gasteiger partial charge in [-0.05, 0) is 44.9 Å². The lowest BCUT2D eigenvalue weighted by molar-refractivity contribution is 0.190. The zero-order valence-corrected chi connectivity index (χ0v) is 15.6. The van der Waals surface area contributed by atoms with Crippen molar-refractivity contribution >= 4 is 17.6 Å². The van der Waals surface area contributed by atoms with Crippen LogP contribution in [0.2, 0.25) is 5.02 Å². The molecule has 24 heavy (non-hydrogen) atoms. The molecular weight excluding hydrogens is 324 g/mol. The van der Waals surface area contributed by atoms with E-state index < -0.39 is 0 Å². The Morgan fingerprint density at radius 1 is 1.33 bits per heavy atom. The molecule has 1 N–H and O–H groups in total. The van der Waals surface area contributed by atoms with Crippen LogP contribution in [0.25, 0.3) is 0 Å². The van der Waals surface area contributed by atoms with Crippen molar-refractivity contribution in [1.82, 2.24) is 20.0 Å². The molecule has 2 amide bonds. The van der Waals surface area contributed by atoms with Gasteiger partial charge in [-0.25, -0.2) is 4.79 Å². The van der Waals surface area contributed by atoms with Crippen molar-refractivity contribution in [2.24, 2.45) is 7.05 Å². The molecule has 2 atom stereocenters. The number of aromatic nitrogens is 2. The fourth-order valence-electron chi connectivity index (χ4n) is 2.71. The molecule has 2 unspecified atom stereocenters. The summed E-state index contributed by atoms with van der Waals surface area (Å²) in [6.45, 7) is 5.96. The number of amides is 2. The van der Waals surface area contributed by atoms with Crippen molar-refractivity contribution in [3.8, 4) is 0 Å². The molecule has 5 nitrogen and oxygen atoms in total. The molecule has 0 aliphatic heterocycles. The second kappa shape index (κ2) is 7.71. The van der Waals surface area contributed by atoms with Crippen LogP contribution in [0.5, 0.6) is 0 Å². The average Bonchev–Trinajstić information content (AvgIpc) is 2.87. The molecule has 2 aromatic rings. The highest BCUT2D eigenvalue weighted by Crippen LogP contribution is 2.17. The molecule has 0 aliphatic rings. The Labute approximate surface area is 148 Å². The maximum absolute atomic E-state index is 12.5. The number of hydrogen-bond donors (Lipinski definition) is 1. The summed E-state index contributed by atoms with van der Waals surface area (Å²) in [5, 5.41) is 8.08. The second-order valence-corrected chi connectivity index (χ2v) is 6.74. The lowest BCUT2D eigenvalue weighted by atomic mass is 10.1. The maximum Gasteiger partial charge on any atom is 0.317 e. The molecular formula is C18H25ClN4O. The summed E-state index contributed by atoms with van der Waals surface area (Å²) in [6.07, 6.45) is 2.72. The molecule has 1 aromatic carbocycles. The SMILES string of the molecule is Cc1nn(C)cc1C(C)NC(=O)N(C)C(C)Cc1ccc(Cl)cc1. The standard InChI is InChI=1S/C18H25ClN4O/c1-12(10-15-6-8-16(19)9-7-15)23(5)18(24)20-13(2)17-11-22(4)21-14(17)3/h6-9,11-13H,10H2,1-5H3,(H,20,24). The molecule has 0 saturated heterocycles. The summed E-state index contributed by atoms with van der Waals surface area (Å²) >= 11 is 5.91. The Hall–Kier alpha value is -2.01. The largest absolute Gasteiger partial charge is 0.331 e. The van der Waals surface area contributed by atoms with Gasteiger partial charge in [0, 0.05) is 36.9 Å². The van der Waals surface area contributed by atoms with E-state index in [1.807, 2.05) is 65.3 Å². The van der Waals surface area contributed by atoms with Gasteiger partial charge in [0.1, 0.15) is 0 Å². The zero-order chi connectivity index (χ0) is 17.9. The Morgan fingerprint density at radius 3 is 2.50 bits per heavy atom. The maximum atomic E-state index is 12.5. The van der Waals surface area contributed by atoms with Crippen LogP contribution in [-0.4, -0.2) is 33.8 Å². The van der Waals surface area contributed by atoms with Gasteiger partial charge in [-0.15, -0.1) is 0 Å². The number of nitrogens with zero attached hydrogens (tertiary/aromatic N) is 3. The van der Waals surface area contributed by atoms with Crippen molar-refractivity contribution in [2.45, 2.75) is 39.3 Å². The second-order valence-electron chi connectivity index (χ2n) is 6.31. The van der Waals surface area contributed by atoms with Gasteiger partial charge in [0.05, 0.1) is 11.7 Å². The number of rotatable bonds is 5. The van der Waals surface area contributed by atoms with E-state index in [-0.39, 0.29) is 18.1 Å². The molecule has 0 saturated carbocycles. The van der Waals surface area contributed by atoms with Crippen LogP contribution < -0.4 is 5.32 Å². The summed E-state index contributed by atoms with van der Waals surface area (Å²) < 4.78 is 1.76. The summed E-state index contributed by atoms with van der Waals surface area (Å²) in [5.41, 5.74) is 3.12. The Bertz CT molecular complexity index is 696. The molecule has 0 radical (unpaired) electrons. The summed E-state index contributed by atoms with van der Waals surface area (Å²) in [5.74, 6) is 0. The van der Waals surface area contributed by atoms with Crippen molar-refractivity contribution in [1.29, 1.82) is 0 Å². The predicted molar refractivity (Wildman–Crippen MR) is 97.3 cm³/mol. The molecule has 0 aliphatic carbocycles. The lowest BCUT2D eigenvalue weighted by Crippen LogP contribution is -2.44. The van der Waals surface area contributed by atoms with E-state index in [1.165, 1.54) is 0 Å². The molecule has 0 spiro atoms. The number of benzene rings is 1. The first-order valence-electron chi connectivity index (χ1n) is 8.06. The first-order valence-corrected chi connectivity index (χ1v) is 8.43. The molecule has 0 fully saturated rings. The van der Waals surface area contributed by atoms with E-state index in [9.17, 15) is 4.79 Å². The minimum absolute atomic E-state index is 0.0772. The van der Waals surface area contributed by atoms with Crippen LogP contribution in [0.4, 0.5) is 4.79 Å². The van der Waals surface area contributed by atoms with Gasteiger partial charge >= 0.3 is 6.03 Å². The molecule has 6 heteroatoms. The number of nitrogens with one attached hydrogen (secondary N) is 1. The van der Waals surface area contributed by atoms with E-state index in [0.717, 1.165) is 28.3 Å². The van der Waals surface area contributed by atoms with Crippen LogP contribution in [0.15, 0.2) is 30.5 Å². The Kier molecular flexibility index (Phi) is 5.89. The number of aryl methyl sites for hydroxylation is 2. The zero-order valence-electron chi connectivity index (χ0n) is 14.9. The highest BCUT2D eigenvalue weighted by atomic mass is 35.5. The topological polar surface area (TPSA) is 50.2 Å². The monoisotopic (exact) mass is 348 g/mol. The first kappa shape index (κ1) is 18.3. The third-order valence-corrected chi connectivity index (χ3v) is 4.54. The quantitative estimate of drug-likeness (QED) is 0.895. The Morgan fingerprint density at radius 2 is 1.96 bits per heavy atom. The van der Waals surface area contributed by atoms with E-state index in [1.54, 1.807) is 9.58 Å². The average molecular weight is 349 g/mol. The van der Waals surface area contributed by atoms with E-state index in [4.69, 9.17) is 11.6 Å². The van der Waals surface area contributed by atoms with Gasteiger partial charge in [0.25, 0.3) is 0 Å². The van der Waals surface area contributed by atoms with E-state index >= 15 is 0 Å². The van der Waals surface area contributed by atoms with Crippen LogP contribution in [0.1, 0.15) is 36.7 Å². The lowest BCUT2D eigenvalue weighted by Gasteiger charge is -2.27. The number of hydrogen-bond acceptors (Lipinski definition) is 2. The number of likely N-dealkylation sites (N-methyl/N-ethyl adjacent to an activating group) is 1. The smallest absolute Gasteiger partial charge is 0.317 e. The third-order valence-electron chi connectivity index (χ3n) is 4.28. The van der Waals surface area contributed by atoms with Gasteiger partial charge in [0.2, 0.25) is 0 Å². The number of halogens is 1. The van der Waals surface area contributed by atoms with E-state index in [0.29, 0.717) is 0 Å². The minimum atomic E-state index is -0.0905. The highest BCUT2D eigenvalue weighted by Gasteiger charge is 2.20. The molecule has 2 rings (SSSR count). The van der Waals surface area contributed by atoms with Crippen molar-refractivity contribution in [2.75, 3.05) is 7.05 Å². The first-order chi connectivity index (χ1) is 11.3. The van der Waals surface area contributed by atoms with Crippen molar-refractivity contribution in [3.05, 3.63) is 52.3 Å². The van der Waals surface area contributed by atoms with Crippen LogP contribution in [0.3, 0.4) is 0 Å². The molecule has 0 bridgehead atoms. The van der Waals surface area contributed by atoms with Gasteiger partial charge in [-0.3, -0.25) is 4.68 Å². The van der Waals surface area contributed by atoms with Gasteiger partial charge in [-0.2, -0.15) is 5.10 Å². The molecule has 130 valence electrons. The molecule has 1 aromatic heterocycles. The number of urea groups is 1. The number of carbonyl (C=O) groups is 1. The van der Waals surface area contributed by atoms with Gasteiger partial charge in [0.15, 0.2) is 0 Å². The summed E-state index contributed by atoms with van der Waals surface area (Å²) in [7, 11) is 3.70. The summed E-state index contributed by atoms with van der Waals surface area (Å²) in [4.78, 5) is 14.2. The van der Waals surface area contributed by atoms with Gasteiger partial charge in [-0.1, -0.05) is 23.7 Å². The van der Waals surface area contributed by atoms with Crippen LogP contribution >= 0.6 is 11.6 Å². The van der Waals surface area contributed by atoms with Crippen molar-refractivity contribution < 1.29 is 4.79 Å². The van der Waals surface area contributed by atoms with Crippen LogP contribution in [-0.2, 0) is 13.5 Å². The van der Waals surface area contributed by atoms with E-state index in [2.05, 4.69) is 10.4 Å². The fourth-order valence-corrected chi connectivity index (χ4v) is 2.83.